The molecule has 0 aliphatic rings. The molecule has 1 aromatic rings. The first-order valence-electron chi connectivity index (χ1n) is 6.28. The van der Waals surface area contributed by atoms with E-state index >= 15 is 0 Å². The highest BCUT2D eigenvalue weighted by Crippen LogP contribution is 2.38. The van der Waals surface area contributed by atoms with Crippen molar-refractivity contribution < 1.29 is 17.7 Å². The third-order valence-corrected chi connectivity index (χ3v) is 5.46. The lowest BCUT2D eigenvalue weighted by Gasteiger charge is -2.29. The van der Waals surface area contributed by atoms with E-state index < -0.39 is 27.2 Å². The van der Waals surface area contributed by atoms with Crippen LogP contribution in [0.1, 0.15) is 50.4 Å². The summed E-state index contributed by atoms with van der Waals surface area (Å²) in [7, 11) is 0. The number of hydrogen-bond acceptors (Lipinski definition) is 3. The fourth-order valence-electron chi connectivity index (χ4n) is 1.49. The quantitative estimate of drug-likeness (QED) is 0.826. The van der Waals surface area contributed by atoms with Crippen LogP contribution >= 0.6 is 11.3 Å². The van der Waals surface area contributed by atoms with Crippen LogP contribution in [-0.4, -0.2) is 9.30 Å². The van der Waals surface area contributed by atoms with E-state index in [1.54, 1.807) is 0 Å². The molecular weight excluding hydrogens is 307 g/mol. The number of hydrogen-bond donors (Lipinski definition) is 1. The molecule has 20 heavy (non-hydrogen) atoms. The lowest BCUT2D eigenvalue weighted by Crippen LogP contribution is -2.42. The van der Waals surface area contributed by atoms with Crippen LogP contribution in [0, 0.1) is 5.92 Å². The van der Waals surface area contributed by atoms with Gasteiger partial charge in [0.05, 0.1) is 6.04 Å². The van der Waals surface area contributed by atoms with Crippen LogP contribution in [0.2, 0.25) is 0 Å². The molecule has 2 atom stereocenters. The minimum absolute atomic E-state index is 0.0426. The second-order valence-electron chi connectivity index (χ2n) is 5.92. The predicted molar refractivity (Wildman–Crippen MR) is 77.9 cm³/mol. The highest BCUT2D eigenvalue weighted by molar-refractivity contribution is 7.90. The summed E-state index contributed by atoms with van der Waals surface area (Å²) < 4.78 is 52.6. The lowest BCUT2D eigenvalue weighted by atomic mass is 10.0. The summed E-state index contributed by atoms with van der Waals surface area (Å²) >= 11 is -0.618. The van der Waals surface area contributed by atoms with E-state index in [0.717, 1.165) is 6.07 Å². The highest BCUT2D eigenvalue weighted by Gasteiger charge is 2.35. The monoisotopic (exact) mass is 327 g/mol. The summed E-state index contributed by atoms with van der Waals surface area (Å²) in [5, 5.41) is 0. The average Bonchev–Trinajstić information content (AvgIpc) is 2.71. The molecule has 0 amide bonds. The molecule has 1 unspecified atom stereocenters. The summed E-state index contributed by atoms with van der Waals surface area (Å²) in [4.78, 5) is -0.0635. The Hall–Kier alpha value is -0.240. The zero-order valence-electron chi connectivity index (χ0n) is 12.2. The zero-order chi connectivity index (χ0) is 15.7. The van der Waals surface area contributed by atoms with Gasteiger partial charge in [-0.3, -0.25) is 0 Å². The van der Waals surface area contributed by atoms with Crippen LogP contribution in [-0.2, 0) is 17.5 Å². The largest absolute Gasteiger partial charge is 0.598 e. The molecule has 1 N–H and O–H groups in total. The van der Waals surface area contributed by atoms with Crippen molar-refractivity contribution in [3.63, 3.8) is 0 Å². The average molecular weight is 327 g/mol. The predicted octanol–water partition coefficient (Wildman–Crippen LogP) is 4.52. The van der Waals surface area contributed by atoms with Crippen molar-refractivity contribution in [2.45, 2.75) is 51.6 Å². The fraction of sp³-hybridized carbons (Fsp3) is 0.692. The molecule has 2 nitrogen and oxygen atoms in total. The van der Waals surface area contributed by atoms with Gasteiger partial charge in [-0.05, 0) is 38.8 Å². The Balaban J connectivity index is 2.95. The first-order valence-corrected chi connectivity index (χ1v) is 8.24. The topological polar surface area (TPSA) is 35.1 Å². The fourth-order valence-corrected chi connectivity index (χ4v) is 3.64. The molecule has 0 spiro atoms. The van der Waals surface area contributed by atoms with E-state index in [2.05, 4.69) is 4.72 Å². The van der Waals surface area contributed by atoms with Gasteiger partial charge in [0.2, 0.25) is 0 Å². The van der Waals surface area contributed by atoms with Gasteiger partial charge in [-0.1, -0.05) is 13.8 Å². The molecule has 0 radical (unpaired) electrons. The van der Waals surface area contributed by atoms with E-state index in [1.807, 2.05) is 34.6 Å². The maximum Gasteiger partial charge on any atom is 0.425 e. The number of rotatable bonds is 4. The van der Waals surface area contributed by atoms with Gasteiger partial charge in [-0.25, -0.2) is 0 Å². The van der Waals surface area contributed by atoms with E-state index in [-0.39, 0.29) is 12.0 Å². The molecule has 0 fully saturated rings. The summed E-state index contributed by atoms with van der Waals surface area (Å²) in [6.45, 7) is 9.25. The van der Waals surface area contributed by atoms with Gasteiger partial charge in [0.25, 0.3) is 0 Å². The second kappa shape index (κ2) is 6.25. The smallest absolute Gasteiger partial charge is 0.425 e. The zero-order valence-corrected chi connectivity index (χ0v) is 13.8. The molecule has 0 saturated heterocycles. The van der Waals surface area contributed by atoms with Crippen LogP contribution in [0.15, 0.2) is 12.1 Å². The van der Waals surface area contributed by atoms with E-state index in [0.29, 0.717) is 16.2 Å². The number of nitrogens with one attached hydrogen (secondary N) is 1. The van der Waals surface area contributed by atoms with Crippen LogP contribution in [0.25, 0.3) is 0 Å². The Morgan fingerprint density at radius 3 is 2.10 bits per heavy atom. The number of alkyl halides is 3. The van der Waals surface area contributed by atoms with E-state index in [9.17, 15) is 17.7 Å². The molecule has 1 aromatic heterocycles. The highest BCUT2D eigenvalue weighted by atomic mass is 32.2. The van der Waals surface area contributed by atoms with Crippen LogP contribution in [0.4, 0.5) is 13.2 Å². The molecular formula is C13H20F3NOS2. The van der Waals surface area contributed by atoms with Crippen LogP contribution < -0.4 is 4.72 Å². The van der Waals surface area contributed by atoms with Crippen molar-refractivity contribution in [1.29, 1.82) is 0 Å². The van der Waals surface area contributed by atoms with Crippen molar-refractivity contribution in [2.75, 3.05) is 0 Å². The lowest BCUT2D eigenvalue weighted by molar-refractivity contribution is -0.134. The molecule has 0 aromatic carbocycles. The van der Waals surface area contributed by atoms with Crippen LogP contribution in [0.5, 0.6) is 0 Å². The van der Waals surface area contributed by atoms with Crippen molar-refractivity contribution in [3.05, 3.63) is 21.9 Å². The van der Waals surface area contributed by atoms with Gasteiger partial charge in [-0.15, -0.1) is 16.1 Å². The first-order chi connectivity index (χ1) is 8.93. The SMILES string of the molecule is CC(C)C(N[S@@+]([O-])C(C)(C)C)c1ccc(C(F)(F)F)s1. The van der Waals surface area contributed by atoms with Gasteiger partial charge < -0.3 is 4.55 Å². The van der Waals surface area contributed by atoms with E-state index in [1.165, 1.54) is 6.07 Å². The van der Waals surface area contributed by atoms with Crippen molar-refractivity contribution in [3.8, 4) is 0 Å². The molecule has 0 saturated carbocycles. The Labute approximate surface area is 125 Å². The molecule has 0 bridgehead atoms. The molecule has 7 heteroatoms. The van der Waals surface area contributed by atoms with Crippen molar-refractivity contribution in [2.24, 2.45) is 5.92 Å². The summed E-state index contributed by atoms with van der Waals surface area (Å²) in [6, 6.07) is 2.19. The third kappa shape index (κ3) is 4.65. The Bertz CT molecular complexity index is 438. The van der Waals surface area contributed by atoms with Crippen molar-refractivity contribution >= 4 is 22.7 Å². The van der Waals surface area contributed by atoms with Gasteiger partial charge in [0, 0.05) is 16.2 Å². The maximum absolute atomic E-state index is 12.6. The third-order valence-electron chi connectivity index (χ3n) is 2.67. The van der Waals surface area contributed by atoms with E-state index in [4.69, 9.17) is 0 Å². The Kier molecular flexibility index (Phi) is 5.57. The normalized spacial score (nSPS) is 16.5. The standard InChI is InChI=1S/C13H20F3NOS2/c1-8(2)11(17-20(18)12(3,4)5)9-6-7-10(19-9)13(14,15)16/h6-8,11,17H,1-5H3/t11?,20-/m0/s1. The molecule has 1 heterocycles. The molecule has 1 rings (SSSR count). The van der Waals surface area contributed by atoms with Gasteiger partial charge in [0.15, 0.2) is 0 Å². The minimum Gasteiger partial charge on any atom is -0.598 e. The molecule has 0 aliphatic heterocycles. The maximum atomic E-state index is 12.6. The van der Waals surface area contributed by atoms with Gasteiger partial charge in [0.1, 0.15) is 9.62 Å². The van der Waals surface area contributed by atoms with Gasteiger partial charge in [-0.2, -0.15) is 13.2 Å². The summed E-state index contributed by atoms with van der Waals surface area (Å²) in [5.74, 6) is 0.0426. The van der Waals surface area contributed by atoms with Gasteiger partial charge >= 0.3 is 6.18 Å². The summed E-state index contributed by atoms with van der Waals surface area (Å²) in [6.07, 6.45) is -4.33. The molecule has 116 valence electrons. The molecule has 0 aliphatic carbocycles. The first kappa shape index (κ1) is 17.8. The Morgan fingerprint density at radius 2 is 1.75 bits per heavy atom. The second-order valence-corrected chi connectivity index (χ2v) is 9.03. The number of halogens is 3. The number of thiophene rings is 1. The van der Waals surface area contributed by atoms with Crippen molar-refractivity contribution in [1.82, 2.24) is 4.72 Å². The summed E-state index contributed by atoms with van der Waals surface area (Å²) in [5.41, 5.74) is 0. The van der Waals surface area contributed by atoms with Crippen LogP contribution in [0.3, 0.4) is 0 Å². The minimum atomic E-state index is -4.33. The Morgan fingerprint density at radius 1 is 1.20 bits per heavy atom.